The molecule has 1 atom stereocenters. The Balaban J connectivity index is 1.95. The summed E-state index contributed by atoms with van der Waals surface area (Å²) >= 11 is 0. The van der Waals surface area contributed by atoms with Crippen molar-refractivity contribution >= 4 is 5.97 Å². The number of likely N-dealkylation sites (tertiary alicyclic amines) is 1. The van der Waals surface area contributed by atoms with Gasteiger partial charge in [-0.1, -0.05) is 6.92 Å². The Morgan fingerprint density at radius 3 is 2.95 bits per heavy atom. The number of rotatable bonds is 6. The van der Waals surface area contributed by atoms with Crippen LogP contribution in [0.25, 0.3) is 0 Å². The number of nitrogens with zero attached hydrogens (tertiary/aromatic N) is 3. The Hall–Kier alpha value is -1.36. The van der Waals surface area contributed by atoms with Crippen LogP contribution in [0.3, 0.4) is 0 Å². The fraction of sp³-hybridized carbons (Fsp3) is 0.714. The Labute approximate surface area is 114 Å². The zero-order chi connectivity index (χ0) is 13.8. The zero-order valence-electron chi connectivity index (χ0n) is 11.8. The van der Waals surface area contributed by atoms with E-state index in [-0.39, 0.29) is 0 Å². The molecular weight excluding hydrogens is 242 g/mol. The second-order valence-electron chi connectivity index (χ2n) is 5.28. The quantitative estimate of drug-likeness (QED) is 0.851. The van der Waals surface area contributed by atoms with E-state index in [2.05, 4.69) is 34.6 Å². The van der Waals surface area contributed by atoms with Crippen LogP contribution in [0, 0.1) is 5.92 Å². The maximum Gasteiger partial charge on any atom is 0.303 e. The van der Waals surface area contributed by atoms with Crippen molar-refractivity contribution in [2.45, 2.75) is 46.2 Å². The number of carboxylic acid groups (broad SMARTS) is 1. The van der Waals surface area contributed by atoms with Gasteiger partial charge in [-0.25, -0.2) is 0 Å². The first kappa shape index (κ1) is 14.1. The highest BCUT2D eigenvalue weighted by Crippen LogP contribution is 2.21. The van der Waals surface area contributed by atoms with Gasteiger partial charge < -0.3 is 5.11 Å². The molecule has 1 aliphatic heterocycles. The first-order valence-electron chi connectivity index (χ1n) is 7.12. The van der Waals surface area contributed by atoms with Crippen LogP contribution in [0.15, 0.2) is 6.07 Å². The predicted octanol–water partition coefficient (Wildman–Crippen LogP) is 1.76. The summed E-state index contributed by atoms with van der Waals surface area (Å²) in [5.41, 5.74) is 2.38. The van der Waals surface area contributed by atoms with Crippen LogP contribution in [-0.4, -0.2) is 38.8 Å². The molecule has 0 spiro atoms. The van der Waals surface area contributed by atoms with Crippen molar-refractivity contribution in [1.82, 2.24) is 14.7 Å². The van der Waals surface area contributed by atoms with Gasteiger partial charge in [0.1, 0.15) is 0 Å². The fourth-order valence-electron chi connectivity index (χ4n) is 2.79. The van der Waals surface area contributed by atoms with Gasteiger partial charge >= 0.3 is 5.97 Å². The number of hydrogen-bond acceptors (Lipinski definition) is 3. The minimum Gasteiger partial charge on any atom is -0.481 e. The highest BCUT2D eigenvalue weighted by Gasteiger charge is 2.25. The number of aromatic nitrogens is 2. The number of hydrogen-bond donors (Lipinski definition) is 1. The molecule has 1 aromatic heterocycles. The van der Waals surface area contributed by atoms with E-state index in [0.717, 1.165) is 44.7 Å². The topological polar surface area (TPSA) is 58.4 Å². The SMILES string of the molecule is CCc1cc(CN2CCC(CC(=O)O)C2)n(CC)n1. The third-order valence-corrected chi connectivity index (χ3v) is 3.79. The van der Waals surface area contributed by atoms with Crippen molar-refractivity contribution in [2.75, 3.05) is 13.1 Å². The molecule has 5 heteroatoms. The highest BCUT2D eigenvalue weighted by molar-refractivity contribution is 5.67. The van der Waals surface area contributed by atoms with Crippen LogP contribution in [0.2, 0.25) is 0 Å². The molecule has 2 heterocycles. The monoisotopic (exact) mass is 265 g/mol. The lowest BCUT2D eigenvalue weighted by molar-refractivity contribution is -0.138. The summed E-state index contributed by atoms with van der Waals surface area (Å²) in [5.74, 6) is -0.375. The van der Waals surface area contributed by atoms with Crippen molar-refractivity contribution in [1.29, 1.82) is 0 Å². The van der Waals surface area contributed by atoms with Gasteiger partial charge in [0.15, 0.2) is 0 Å². The van der Waals surface area contributed by atoms with Crippen molar-refractivity contribution in [3.8, 4) is 0 Å². The molecule has 1 aliphatic rings. The van der Waals surface area contributed by atoms with Gasteiger partial charge in [0, 0.05) is 26.1 Å². The van der Waals surface area contributed by atoms with Gasteiger partial charge in [-0.15, -0.1) is 0 Å². The summed E-state index contributed by atoms with van der Waals surface area (Å²) in [6, 6.07) is 2.17. The van der Waals surface area contributed by atoms with Crippen LogP contribution >= 0.6 is 0 Å². The van der Waals surface area contributed by atoms with Crippen molar-refractivity contribution in [2.24, 2.45) is 5.92 Å². The number of aliphatic carboxylic acids is 1. The van der Waals surface area contributed by atoms with Crippen LogP contribution in [0.4, 0.5) is 0 Å². The number of carboxylic acids is 1. The van der Waals surface area contributed by atoms with Gasteiger partial charge in [0.2, 0.25) is 0 Å². The van der Waals surface area contributed by atoms with Crippen LogP contribution < -0.4 is 0 Å². The predicted molar refractivity (Wildman–Crippen MR) is 72.9 cm³/mol. The summed E-state index contributed by atoms with van der Waals surface area (Å²) in [7, 11) is 0. The van der Waals surface area contributed by atoms with E-state index in [1.54, 1.807) is 0 Å². The summed E-state index contributed by atoms with van der Waals surface area (Å²) in [6.45, 7) is 7.88. The Bertz CT molecular complexity index is 442. The second-order valence-corrected chi connectivity index (χ2v) is 5.28. The van der Waals surface area contributed by atoms with E-state index in [1.165, 1.54) is 5.69 Å². The average molecular weight is 265 g/mol. The van der Waals surface area contributed by atoms with Crippen molar-refractivity contribution in [3.63, 3.8) is 0 Å². The van der Waals surface area contributed by atoms with Crippen LogP contribution in [-0.2, 0) is 24.3 Å². The molecule has 0 radical (unpaired) electrons. The highest BCUT2D eigenvalue weighted by atomic mass is 16.4. The molecule has 1 fully saturated rings. The maximum absolute atomic E-state index is 10.7. The molecule has 106 valence electrons. The van der Waals surface area contributed by atoms with E-state index < -0.39 is 5.97 Å². The molecular formula is C14H23N3O2. The number of aryl methyl sites for hydroxylation is 2. The molecule has 1 N–H and O–H groups in total. The van der Waals surface area contributed by atoms with Gasteiger partial charge in [-0.3, -0.25) is 14.4 Å². The largest absolute Gasteiger partial charge is 0.481 e. The first-order chi connectivity index (χ1) is 9.12. The fourth-order valence-corrected chi connectivity index (χ4v) is 2.79. The molecule has 0 saturated carbocycles. The first-order valence-corrected chi connectivity index (χ1v) is 7.12. The summed E-state index contributed by atoms with van der Waals surface area (Å²) in [5, 5.41) is 13.4. The van der Waals surface area contributed by atoms with E-state index >= 15 is 0 Å². The minimum atomic E-state index is -0.682. The maximum atomic E-state index is 10.7. The Morgan fingerprint density at radius 1 is 1.53 bits per heavy atom. The van der Waals surface area contributed by atoms with Crippen molar-refractivity contribution < 1.29 is 9.90 Å². The molecule has 2 rings (SSSR count). The van der Waals surface area contributed by atoms with Gasteiger partial charge in [-0.2, -0.15) is 5.10 Å². The molecule has 0 amide bonds. The van der Waals surface area contributed by atoms with Gasteiger partial charge in [-0.05, 0) is 38.3 Å². The molecule has 0 aromatic carbocycles. The van der Waals surface area contributed by atoms with E-state index in [9.17, 15) is 4.79 Å². The number of carbonyl (C=O) groups is 1. The van der Waals surface area contributed by atoms with E-state index in [0.29, 0.717) is 12.3 Å². The van der Waals surface area contributed by atoms with Gasteiger partial charge in [0.05, 0.1) is 11.4 Å². The molecule has 5 nitrogen and oxygen atoms in total. The molecule has 1 saturated heterocycles. The third-order valence-electron chi connectivity index (χ3n) is 3.79. The summed E-state index contributed by atoms with van der Waals surface area (Å²) in [4.78, 5) is 13.1. The lowest BCUT2D eigenvalue weighted by Gasteiger charge is -2.16. The standard InChI is InChI=1S/C14H23N3O2/c1-3-12-8-13(17(4-2)15-12)10-16-6-5-11(9-16)7-14(18)19/h8,11H,3-7,9-10H2,1-2H3,(H,18,19). The Kier molecular flexibility index (Phi) is 4.58. The summed E-state index contributed by atoms with van der Waals surface area (Å²) < 4.78 is 2.06. The van der Waals surface area contributed by atoms with E-state index in [1.807, 2.05) is 0 Å². The third kappa shape index (κ3) is 3.56. The normalized spacial score (nSPS) is 20.0. The molecule has 0 bridgehead atoms. The molecule has 1 aromatic rings. The average Bonchev–Trinajstić information content (AvgIpc) is 2.96. The molecule has 1 unspecified atom stereocenters. The van der Waals surface area contributed by atoms with Crippen LogP contribution in [0.5, 0.6) is 0 Å². The smallest absolute Gasteiger partial charge is 0.303 e. The lowest BCUT2D eigenvalue weighted by Crippen LogP contribution is -2.22. The molecule has 19 heavy (non-hydrogen) atoms. The minimum absolute atomic E-state index is 0.295. The van der Waals surface area contributed by atoms with Crippen molar-refractivity contribution in [3.05, 3.63) is 17.5 Å². The molecule has 0 aliphatic carbocycles. The second kappa shape index (κ2) is 6.19. The van der Waals surface area contributed by atoms with Gasteiger partial charge in [0.25, 0.3) is 0 Å². The summed E-state index contributed by atoms with van der Waals surface area (Å²) in [6.07, 6.45) is 2.25. The zero-order valence-corrected chi connectivity index (χ0v) is 11.8. The van der Waals surface area contributed by atoms with E-state index in [4.69, 9.17) is 5.11 Å². The Morgan fingerprint density at radius 2 is 2.32 bits per heavy atom. The lowest BCUT2D eigenvalue weighted by atomic mass is 10.1. The van der Waals surface area contributed by atoms with Crippen LogP contribution in [0.1, 0.15) is 38.1 Å².